The Hall–Kier alpha value is -1.64. The van der Waals surface area contributed by atoms with Crippen LogP contribution in [0.1, 0.15) is 56.8 Å². The van der Waals surface area contributed by atoms with Crippen LogP contribution in [0, 0.1) is 10.8 Å². The summed E-state index contributed by atoms with van der Waals surface area (Å²) in [5.41, 5.74) is -0.257. The molecule has 1 saturated carbocycles. The van der Waals surface area contributed by atoms with Gasteiger partial charge in [-0.25, -0.2) is 0 Å². The van der Waals surface area contributed by atoms with Crippen LogP contribution in [0.5, 0.6) is 0 Å². The Kier molecular flexibility index (Phi) is 4.50. The maximum Gasteiger partial charge on any atom is 0.320 e. The monoisotopic (exact) mass is 288 g/mol. The number of ketones is 1. The molecular formula is C18H24O3. The molecule has 1 aromatic carbocycles. The van der Waals surface area contributed by atoms with Crippen LogP contribution in [0.4, 0.5) is 0 Å². The van der Waals surface area contributed by atoms with Crippen LogP contribution < -0.4 is 0 Å². The van der Waals surface area contributed by atoms with Gasteiger partial charge in [0.25, 0.3) is 0 Å². The van der Waals surface area contributed by atoms with Crippen molar-refractivity contribution in [2.45, 2.75) is 46.5 Å². The molecule has 3 nitrogen and oxygen atoms in total. The van der Waals surface area contributed by atoms with Gasteiger partial charge in [0.1, 0.15) is 5.41 Å². The molecule has 1 aliphatic carbocycles. The van der Waals surface area contributed by atoms with Crippen LogP contribution in [0.3, 0.4) is 0 Å². The summed E-state index contributed by atoms with van der Waals surface area (Å²) in [4.78, 5) is 25.3. The van der Waals surface area contributed by atoms with Crippen molar-refractivity contribution in [1.82, 2.24) is 0 Å². The molecule has 0 aromatic heterocycles. The molecule has 0 atom stereocenters. The van der Waals surface area contributed by atoms with Crippen molar-refractivity contribution in [2.75, 3.05) is 6.61 Å². The van der Waals surface area contributed by atoms with E-state index in [4.69, 9.17) is 4.74 Å². The van der Waals surface area contributed by atoms with Gasteiger partial charge in [0.15, 0.2) is 5.78 Å². The van der Waals surface area contributed by atoms with Crippen molar-refractivity contribution in [3.8, 4) is 0 Å². The fourth-order valence-corrected chi connectivity index (χ4v) is 3.51. The second-order valence-corrected chi connectivity index (χ2v) is 6.06. The Balaban J connectivity index is 2.31. The molecule has 1 aromatic rings. The lowest BCUT2D eigenvalue weighted by atomic mass is 9.48. The number of rotatable bonds is 6. The molecule has 0 radical (unpaired) electrons. The lowest BCUT2D eigenvalue weighted by molar-refractivity contribution is -0.166. The van der Waals surface area contributed by atoms with Crippen molar-refractivity contribution in [2.24, 2.45) is 10.8 Å². The van der Waals surface area contributed by atoms with E-state index in [1.54, 1.807) is 19.1 Å². The molecule has 0 saturated heterocycles. The third-order valence-electron chi connectivity index (χ3n) is 4.99. The van der Waals surface area contributed by atoms with E-state index in [-0.39, 0.29) is 17.2 Å². The topological polar surface area (TPSA) is 43.4 Å². The zero-order chi connectivity index (χ0) is 15.5. The first-order chi connectivity index (χ1) is 10.0. The molecule has 0 spiro atoms. The number of carbonyl (C=O) groups excluding carboxylic acids is 2. The summed E-state index contributed by atoms with van der Waals surface area (Å²) in [7, 11) is 0. The van der Waals surface area contributed by atoms with Gasteiger partial charge in [0.05, 0.1) is 6.61 Å². The Bertz CT molecular complexity index is 507. The molecular weight excluding hydrogens is 264 g/mol. The van der Waals surface area contributed by atoms with Crippen LogP contribution >= 0.6 is 0 Å². The maximum absolute atomic E-state index is 12.9. The van der Waals surface area contributed by atoms with Gasteiger partial charge in [-0.15, -0.1) is 0 Å². The minimum Gasteiger partial charge on any atom is -0.465 e. The zero-order valence-electron chi connectivity index (χ0n) is 13.1. The molecule has 0 aliphatic heterocycles. The van der Waals surface area contributed by atoms with Gasteiger partial charge in [-0.3, -0.25) is 9.59 Å². The van der Waals surface area contributed by atoms with Gasteiger partial charge in [-0.1, -0.05) is 57.0 Å². The van der Waals surface area contributed by atoms with Crippen molar-refractivity contribution in [3.63, 3.8) is 0 Å². The summed E-state index contributed by atoms with van der Waals surface area (Å²) in [5, 5.41) is 0. The number of ether oxygens (including phenoxy) is 1. The Labute approximate surface area is 126 Å². The van der Waals surface area contributed by atoms with Gasteiger partial charge < -0.3 is 4.74 Å². The van der Waals surface area contributed by atoms with Crippen LogP contribution in [-0.4, -0.2) is 18.4 Å². The van der Waals surface area contributed by atoms with Crippen molar-refractivity contribution in [1.29, 1.82) is 0 Å². The second-order valence-electron chi connectivity index (χ2n) is 6.06. The average Bonchev–Trinajstić information content (AvgIpc) is 2.48. The predicted octanol–water partition coefficient (Wildman–Crippen LogP) is 4.02. The molecule has 0 bridgehead atoms. The molecule has 3 heteroatoms. The number of hydrogen-bond donors (Lipinski definition) is 0. The van der Waals surface area contributed by atoms with Crippen LogP contribution in [0.15, 0.2) is 30.3 Å². The Morgan fingerprint density at radius 2 is 1.62 bits per heavy atom. The van der Waals surface area contributed by atoms with E-state index in [1.165, 1.54) is 0 Å². The van der Waals surface area contributed by atoms with Crippen LogP contribution in [-0.2, 0) is 9.53 Å². The number of benzene rings is 1. The lowest BCUT2D eigenvalue weighted by Gasteiger charge is -2.53. The quantitative estimate of drug-likeness (QED) is 0.451. The number of esters is 1. The van der Waals surface area contributed by atoms with E-state index in [1.807, 2.05) is 18.2 Å². The highest BCUT2D eigenvalue weighted by Gasteiger charge is 2.62. The number of carbonyl (C=O) groups is 2. The van der Waals surface area contributed by atoms with E-state index in [2.05, 4.69) is 13.8 Å². The minimum absolute atomic E-state index is 0.0842. The standard InChI is InChI=1S/C18H24O3/c1-4-17(5-2)12-18(13-17,16(20)21-6-3)15(19)14-10-8-7-9-11-14/h7-11H,4-6,12-13H2,1-3H3. The lowest BCUT2D eigenvalue weighted by Crippen LogP contribution is -2.56. The van der Waals surface area contributed by atoms with Crippen LogP contribution in [0.2, 0.25) is 0 Å². The molecule has 21 heavy (non-hydrogen) atoms. The second kappa shape index (κ2) is 6.00. The van der Waals surface area contributed by atoms with Crippen molar-refractivity contribution in [3.05, 3.63) is 35.9 Å². The SMILES string of the molecule is CCOC(=O)C1(C(=O)c2ccccc2)CC(CC)(CC)C1. The summed E-state index contributed by atoms with van der Waals surface area (Å²) in [6, 6.07) is 9.09. The maximum atomic E-state index is 12.9. The first kappa shape index (κ1) is 15.7. The van der Waals surface area contributed by atoms with E-state index in [0.29, 0.717) is 25.0 Å². The highest BCUT2D eigenvalue weighted by atomic mass is 16.5. The third kappa shape index (κ3) is 2.61. The summed E-state index contributed by atoms with van der Waals surface area (Å²) < 4.78 is 5.21. The highest BCUT2D eigenvalue weighted by Crippen LogP contribution is 2.60. The molecule has 0 heterocycles. The normalized spacial score (nSPS) is 18.6. The molecule has 2 rings (SSSR count). The summed E-state index contributed by atoms with van der Waals surface area (Å²) in [6.45, 7) is 6.36. The van der Waals surface area contributed by atoms with Gasteiger partial charge in [0, 0.05) is 5.56 Å². The molecule has 0 unspecified atom stereocenters. The van der Waals surface area contributed by atoms with Gasteiger partial charge >= 0.3 is 5.97 Å². The molecule has 1 aliphatic rings. The molecule has 0 N–H and O–H groups in total. The third-order valence-corrected chi connectivity index (χ3v) is 4.99. The van der Waals surface area contributed by atoms with Gasteiger partial charge in [-0.05, 0) is 25.2 Å². The fraction of sp³-hybridized carbons (Fsp3) is 0.556. The van der Waals surface area contributed by atoms with E-state index < -0.39 is 5.41 Å². The van der Waals surface area contributed by atoms with Crippen LogP contribution in [0.25, 0.3) is 0 Å². The minimum atomic E-state index is -0.969. The fourth-order valence-electron chi connectivity index (χ4n) is 3.51. The van der Waals surface area contributed by atoms with E-state index >= 15 is 0 Å². The van der Waals surface area contributed by atoms with Crippen molar-refractivity contribution < 1.29 is 14.3 Å². The smallest absolute Gasteiger partial charge is 0.320 e. The highest BCUT2D eigenvalue weighted by molar-refractivity contribution is 6.13. The number of hydrogen-bond acceptors (Lipinski definition) is 3. The molecule has 0 amide bonds. The van der Waals surface area contributed by atoms with E-state index in [0.717, 1.165) is 12.8 Å². The first-order valence-corrected chi connectivity index (χ1v) is 7.80. The van der Waals surface area contributed by atoms with Crippen molar-refractivity contribution >= 4 is 11.8 Å². The van der Waals surface area contributed by atoms with Gasteiger partial charge in [-0.2, -0.15) is 0 Å². The first-order valence-electron chi connectivity index (χ1n) is 7.80. The summed E-state index contributed by atoms with van der Waals surface area (Å²) in [6.07, 6.45) is 3.21. The van der Waals surface area contributed by atoms with E-state index in [9.17, 15) is 9.59 Å². The predicted molar refractivity (Wildman–Crippen MR) is 82.1 cm³/mol. The zero-order valence-corrected chi connectivity index (χ0v) is 13.1. The van der Waals surface area contributed by atoms with Gasteiger partial charge in [0.2, 0.25) is 0 Å². The molecule has 114 valence electrons. The summed E-state index contributed by atoms with van der Waals surface area (Å²) in [5.74, 6) is -0.435. The Morgan fingerprint density at radius 1 is 1.05 bits per heavy atom. The Morgan fingerprint density at radius 3 is 2.10 bits per heavy atom. The molecule has 1 fully saturated rings. The largest absolute Gasteiger partial charge is 0.465 e. The summed E-state index contributed by atoms with van der Waals surface area (Å²) >= 11 is 0. The average molecular weight is 288 g/mol. The number of Topliss-reactive ketones (excluding diaryl/α,β-unsaturated/α-hetero) is 1.